The normalized spacial score (nSPS) is 19.3. The van der Waals surface area contributed by atoms with Crippen molar-refractivity contribution in [1.82, 2.24) is 10.6 Å². The number of hydrogen-bond acceptors (Lipinski definition) is 2. The summed E-state index contributed by atoms with van der Waals surface area (Å²) in [5.74, 6) is 0. The first-order valence-corrected chi connectivity index (χ1v) is 2.51. The number of nitrogens with one attached hydrogen (secondary N) is 2. The van der Waals surface area contributed by atoms with E-state index >= 15 is 0 Å². The first-order valence-electron chi connectivity index (χ1n) is 2.51. The zero-order valence-electron chi connectivity index (χ0n) is 4.49. The molecule has 40 valence electrons. The lowest BCUT2D eigenvalue weighted by atomic mass is 10.5. The van der Waals surface area contributed by atoms with Crippen molar-refractivity contribution >= 4 is 0 Å². The maximum Gasteiger partial charge on any atom is 0.0353 e. The van der Waals surface area contributed by atoms with Gasteiger partial charge in [-0.25, -0.2) is 0 Å². The third-order valence-corrected chi connectivity index (χ3v) is 1.13. The van der Waals surface area contributed by atoms with E-state index in [9.17, 15) is 0 Å². The van der Waals surface area contributed by atoms with Gasteiger partial charge in [-0.2, -0.15) is 0 Å². The monoisotopic (exact) mass is 98.1 g/mol. The van der Waals surface area contributed by atoms with E-state index in [0.29, 0.717) is 0 Å². The van der Waals surface area contributed by atoms with E-state index in [1.807, 2.05) is 7.05 Å². The molecule has 0 saturated carbocycles. The van der Waals surface area contributed by atoms with E-state index in [4.69, 9.17) is 0 Å². The Morgan fingerprint density at radius 3 is 3.00 bits per heavy atom. The minimum atomic E-state index is 1.01. The van der Waals surface area contributed by atoms with Gasteiger partial charge in [0.15, 0.2) is 0 Å². The van der Waals surface area contributed by atoms with Crippen molar-refractivity contribution in [1.29, 1.82) is 0 Å². The molecule has 1 rings (SSSR count). The summed E-state index contributed by atoms with van der Waals surface area (Å²) < 4.78 is 0. The Labute approximate surface area is 43.6 Å². The first-order chi connectivity index (χ1) is 3.43. The Hall–Kier alpha value is -0.500. The first kappa shape index (κ1) is 4.65. The van der Waals surface area contributed by atoms with Crippen LogP contribution in [-0.4, -0.2) is 20.1 Å². The standard InChI is InChI=1S/C5H10N2/c1-6-5-2-3-7-4-5/h2,6-7H,3-4H2,1H3. The maximum absolute atomic E-state index is 3.17. The Morgan fingerprint density at radius 2 is 2.71 bits per heavy atom. The fourth-order valence-corrected chi connectivity index (χ4v) is 0.665. The number of likely N-dealkylation sites (N-methyl/N-ethyl adjacent to an activating group) is 1. The van der Waals surface area contributed by atoms with Crippen LogP contribution in [0.4, 0.5) is 0 Å². The van der Waals surface area contributed by atoms with Crippen LogP contribution in [0.3, 0.4) is 0 Å². The molecule has 0 atom stereocenters. The largest absolute Gasteiger partial charge is 0.391 e. The smallest absolute Gasteiger partial charge is 0.0353 e. The molecule has 0 bridgehead atoms. The Kier molecular flexibility index (Phi) is 1.32. The van der Waals surface area contributed by atoms with Crippen molar-refractivity contribution in [2.75, 3.05) is 20.1 Å². The summed E-state index contributed by atoms with van der Waals surface area (Å²) >= 11 is 0. The summed E-state index contributed by atoms with van der Waals surface area (Å²) in [6, 6.07) is 0. The van der Waals surface area contributed by atoms with Gasteiger partial charge < -0.3 is 10.6 Å². The van der Waals surface area contributed by atoms with Gasteiger partial charge in [0.1, 0.15) is 0 Å². The van der Waals surface area contributed by atoms with Crippen LogP contribution in [0.15, 0.2) is 11.8 Å². The van der Waals surface area contributed by atoms with Crippen molar-refractivity contribution in [3.05, 3.63) is 11.8 Å². The van der Waals surface area contributed by atoms with E-state index in [2.05, 4.69) is 16.7 Å². The lowest BCUT2D eigenvalue weighted by Crippen LogP contribution is -2.14. The van der Waals surface area contributed by atoms with Crippen LogP contribution in [0.1, 0.15) is 0 Å². The molecule has 2 nitrogen and oxygen atoms in total. The second-order valence-corrected chi connectivity index (χ2v) is 1.61. The van der Waals surface area contributed by atoms with Crippen molar-refractivity contribution in [2.45, 2.75) is 0 Å². The lowest BCUT2D eigenvalue weighted by Gasteiger charge is -1.94. The predicted octanol–water partition coefficient (Wildman–Crippen LogP) is -0.307. The second-order valence-electron chi connectivity index (χ2n) is 1.61. The Bertz CT molecular complexity index is 86.1. The van der Waals surface area contributed by atoms with Crippen molar-refractivity contribution in [3.8, 4) is 0 Å². The molecule has 0 spiro atoms. The fraction of sp³-hybridized carbons (Fsp3) is 0.600. The molecule has 0 fully saturated rings. The van der Waals surface area contributed by atoms with Gasteiger partial charge in [0.05, 0.1) is 0 Å². The Balaban J connectivity index is 2.36. The molecule has 0 aromatic rings. The lowest BCUT2D eigenvalue weighted by molar-refractivity contribution is 0.833. The van der Waals surface area contributed by atoms with Gasteiger partial charge in [-0.15, -0.1) is 0 Å². The molecule has 0 aromatic carbocycles. The van der Waals surface area contributed by atoms with Crippen molar-refractivity contribution < 1.29 is 0 Å². The summed E-state index contributed by atoms with van der Waals surface area (Å²) in [7, 11) is 1.94. The van der Waals surface area contributed by atoms with Crippen molar-refractivity contribution in [2.24, 2.45) is 0 Å². The minimum Gasteiger partial charge on any atom is -0.391 e. The highest BCUT2D eigenvalue weighted by molar-refractivity contribution is 5.07. The van der Waals surface area contributed by atoms with Crippen LogP contribution < -0.4 is 10.6 Å². The summed E-state index contributed by atoms with van der Waals surface area (Å²) in [5.41, 5.74) is 1.31. The molecule has 0 aromatic heterocycles. The maximum atomic E-state index is 3.17. The summed E-state index contributed by atoms with van der Waals surface area (Å²) in [6.07, 6.45) is 2.15. The van der Waals surface area contributed by atoms with Gasteiger partial charge in [-0.1, -0.05) is 6.08 Å². The van der Waals surface area contributed by atoms with Crippen molar-refractivity contribution in [3.63, 3.8) is 0 Å². The molecule has 1 aliphatic rings. The van der Waals surface area contributed by atoms with E-state index in [-0.39, 0.29) is 0 Å². The quantitative estimate of drug-likeness (QED) is 0.470. The minimum absolute atomic E-state index is 1.01. The van der Waals surface area contributed by atoms with Gasteiger partial charge in [-0.05, 0) is 0 Å². The average Bonchev–Trinajstić information content (AvgIpc) is 2.14. The second kappa shape index (κ2) is 1.98. The molecule has 2 N–H and O–H groups in total. The Morgan fingerprint density at radius 1 is 1.86 bits per heavy atom. The number of rotatable bonds is 1. The van der Waals surface area contributed by atoms with Gasteiger partial charge in [-0.3, -0.25) is 0 Å². The number of hydrogen-bond donors (Lipinski definition) is 2. The van der Waals surface area contributed by atoms with E-state index in [1.54, 1.807) is 0 Å². The molecular formula is C5H10N2. The third-order valence-electron chi connectivity index (χ3n) is 1.13. The summed E-state index contributed by atoms with van der Waals surface area (Å²) in [6.45, 7) is 2.03. The molecule has 0 radical (unpaired) electrons. The molecule has 0 amide bonds. The summed E-state index contributed by atoms with van der Waals surface area (Å²) in [5, 5.41) is 6.23. The zero-order valence-corrected chi connectivity index (χ0v) is 4.49. The van der Waals surface area contributed by atoms with Crippen LogP contribution in [-0.2, 0) is 0 Å². The molecule has 0 unspecified atom stereocenters. The summed E-state index contributed by atoms with van der Waals surface area (Å²) in [4.78, 5) is 0. The van der Waals surface area contributed by atoms with Crippen LogP contribution in [0, 0.1) is 0 Å². The molecule has 1 heterocycles. The molecule has 0 saturated heterocycles. The van der Waals surface area contributed by atoms with Crippen LogP contribution in [0.2, 0.25) is 0 Å². The molecule has 0 aliphatic carbocycles. The highest BCUT2D eigenvalue weighted by Gasteiger charge is 1.97. The zero-order chi connectivity index (χ0) is 5.11. The van der Waals surface area contributed by atoms with Crippen LogP contribution in [0.5, 0.6) is 0 Å². The molecular weight excluding hydrogens is 88.1 g/mol. The average molecular weight is 98.1 g/mol. The van der Waals surface area contributed by atoms with Crippen LogP contribution in [0.25, 0.3) is 0 Å². The third kappa shape index (κ3) is 0.933. The topological polar surface area (TPSA) is 24.1 Å². The molecule has 2 heteroatoms. The van der Waals surface area contributed by atoms with Gasteiger partial charge in [0.25, 0.3) is 0 Å². The highest BCUT2D eigenvalue weighted by atomic mass is 15.0. The van der Waals surface area contributed by atoms with Gasteiger partial charge in [0.2, 0.25) is 0 Å². The highest BCUT2D eigenvalue weighted by Crippen LogP contribution is 1.89. The SMILES string of the molecule is CNC1=CCNC1. The van der Waals surface area contributed by atoms with E-state index < -0.39 is 0 Å². The molecule has 7 heavy (non-hydrogen) atoms. The van der Waals surface area contributed by atoms with Crippen LogP contribution >= 0.6 is 0 Å². The predicted molar refractivity (Wildman–Crippen MR) is 30.0 cm³/mol. The molecule has 1 aliphatic heterocycles. The van der Waals surface area contributed by atoms with E-state index in [1.165, 1.54) is 5.70 Å². The van der Waals surface area contributed by atoms with E-state index in [0.717, 1.165) is 13.1 Å². The fourth-order valence-electron chi connectivity index (χ4n) is 0.665. The van der Waals surface area contributed by atoms with Gasteiger partial charge >= 0.3 is 0 Å². The van der Waals surface area contributed by atoms with Gasteiger partial charge in [0, 0.05) is 25.8 Å².